The van der Waals surface area contributed by atoms with Crippen molar-refractivity contribution in [2.75, 3.05) is 11.4 Å². The van der Waals surface area contributed by atoms with Crippen molar-refractivity contribution in [3.8, 4) is 0 Å². The number of aliphatic carboxylic acids is 1. The molecular formula is C13H18N2O2. The van der Waals surface area contributed by atoms with Gasteiger partial charge in [-0.15, -0.1) is 0 Å². The van der Waals surface area contributed by atoms with Gasteiger partial charge < -0.3 is 10.0 Å². The predicted molar refractivity (Wildman–Crippen MR) is 66.0 cm³/mol. The summed E-state index contributed by atoms with van der Waals surface area (Å²) in [5.74, 6) is -0.186. The quantitative estimate of drug-likeness (QED) is 0.870. The minimum atomic E-state index is -0.722. The highest BCUT2D eigenvalue weighted by Crippen LogP contribution is 2.29. The Morgan fingerprint density at radius 1 is 1.53 bits per heavy atom. The van der Waals surface area contributed by atoms with Gasteiger partial charge in [0.2, 0.25) is 0 Å². The minimum Gasteiger partial charge on any atom is -0.480 e. The van der Waals surface area contributed by atoms with E-state index in [1.54, 1.807) is 12.4 Å². The summed E-state index contributed by atoms with van der Waals surface area (Å²) in [7, 11) is 0. The first kappa shape index (κ1) is 11.9. The second-order valence-electron chi connectivity index (χ2n) is 4.55. The Balaban J connectivity index is 2.19. The minimum absolute atomic E-state index is 0.393. The molecule has 1 aliphatic heterocycles. The summed E-state index contributed by atoms with van der Waals surface area (Å²) in [5, 5.41) is 9.33. The normalized spacial score (nSPS) is 24.6. The van der Waals surface area contributed by atoms with Crippen molar-refractivity contribution in [3.05, 3.63) is 24.5 Å². The molecule has 17 heavy (non-hydrogen) atoms. The number of pyridine rings is 1. The van der Waals surface area contributed by atoms with Crippen LogP contribution in [-0.2, 0) is 4.79 Å². The maximum Gasteiger partial charge on any atom is 0.326 e. The summed E-state index contributed by atoms with van der Waals surface area (Å²) in [6, 6.07) is 3.36. The highest BCUT2D eigenvalue weighted by atomic mass is 16.4. The summed E-state index contributed by atoms with van der Waals surface area (Å²) in [4.78, 5) is 17.3. The molecule has 1 N–H and O–H groups in total. The van der Waals surface area contributed by atoms with Crippen LogP contribution in [0.15, 0.2) is 24.5 Å². The van der Waals surface area contributed by atoms with Gasteiger partial charge in [0.05, 0.1) is 0 Å². The molecule has 0 aromatic carbocycles. The van der Waals surface area contributed by atoms with Gasteiger partial charge in [0.15, 0.2) is 0 Å². The van der Waals surface area contributed by atoms with E-state index < -0.39 is 12.0 Å². The van der Waals surface area contributed by atoms with Crippen molar-refractivity contribution in [3.63, 3.8) is 0 Å². The molecule has 1 aromatic heterocycles. The van der Waals surface area contributed by atoms with E-state index in [1.165, 1.54) is 0 Å². The molecule has 0 aliphatic carbocycles. The van der Waals surface area contributed by atoms with E-state index in [9.17, 15) is 9.90 Å². The molecule has 2 unspecified atom stereocenters. The van der Waals surface area contributed by atoms with Crippen LogP contribution in [0.5, 0.6) is 0 Å². The Morgan fingerprint density at radius 3 is 2.82 bits per heavy atom. The number of piperidine rings is 1. The molecule has 1 aliphatic rings. The number of carbonyl (C=O) groups is 1. The van der Waals surface area contributed by atoms with Gasteiger partial charge >= 0.3 is 5.97 Å². The average Bonchev–Trinajstić information content (AvgIpc) is 2.39. The van der Waals surface area contributed by atoms with Crippen molar-refractivity contribution in [1.82, 2.24) is 4.98 Å². The van der Waals surface area contributed by atoms with Gasteiger partial charge in [0.1, 0.15) is 6.04 Å². The Morgan fingerprint density at radius 2 is 2.24 bits per heavy atom. The van der Waals surface area contributed by atoms with Crippen molar-refractivity contribution in [2.45, 2.75) is 32.2 Å². The second-order valence-corrected chi connectivity index (χ2v) is 4.55. The number of aromatic nitrogens is 1. The maximum absolute atomic E-state index is 11.3. The number of anilines is 1. The van der Waals surface area contributed by atoms with Gasteiger partial charge in [0, 0.05) is 24.6 Å². The van der Waals surface area contributed by atoms with Crippen LogP contribution in [0.2, 0.25) is 0 Å². The first-order valence-electron chi connectivity index (χ1n) is 6.11. The topological polar surface area (TPSA) is 53.4 Å². The van der Waals surface area contributed by atoms with Crippen LogP contribution in [0, 0.1) is 5.92 Å². The van der Waals surface area contributed by atoms with E-state index in [0.717, 1.165) is 31.5 Å². The van der Waals surface area contributed by atoms with Gasteiger partial charge in [-0.05, 0) is 30.9 Å². The van der Waals surface area contributed by atoms with Crippen molar-refractivity contribution >= 4 is 11.7 Å². The highest BCUT2D eigenvalue weighted by Gasteiger charge is 2.32. The Labute approximate surface area is 101 Å². The van der Waals surface area contributed by atoms with Crippen LogP contribution < -0.4 is 4.90 Å². The fraction of sp³-hybridized carbons (Fsp3) is 0.538. The average molecular weight is 234 g/mol. The molecule has 1 saturated heterocycles. The fourth-order valence-corrected chi connectivity index (χ4v) is 2.49. The van der Waals surface area contributed by atoms with Crippen LogP contribution >= 0.6 is 0 Å². The summed E-state index contributed by atoms with van der Waals surface area (Å²) in [6.45, 7) is 2.95. The summed E-state index contributed by atoms with van der Waals surface area (Å²) in [5.41, 5.74) is 0.960. The first-order chi connectivity index (χ1) is 8.22. The Bertz CT molecular complexity index is 380. The van der Waals surface area contributed by atoms with Crippen LogP contribution in [0.4, 0.5) is 5.69 Å². The van der Waals surface area contributed by atoms with Gasteiger partial charge in [-0.2, -0.15) is 0 Å². The third-order valence-corrected chi connectivity index (χ3v) is 3.57. The number of hydrogen-bond donors (Lipinski definition) is 1. The Kier molecular flexibility index (Phi) is 3.61. The molecule has 0 saturated carbocycles. The second kappa shape index (κ2) is 5.17. The SMILES string of the molecule is CCC1CCN(c2ccncc2)C(C(=O)O)C1. The fourth-order valence-electron chi connectivity index (χ4n) is 2.49. The van der Waals surface area contributed by atoms with Crippen LogP contribution in [0.25, 0.3) is 0 Å². The van der Waals surface area contributed by atoms with Gasteiger partial charge in [-0.25, -0.2) is 4.79 Å². The van der Waals surface area contributed by atoms with Gasteiger partial charge in [-0.3, -0.25) is 4.98 Å². The molecule has 0 spiro atoms. The largest absolute Gasteiger partial charge is 0.480 e. The lowest BCUT2D eigenvalue weighted by Crippen LogP contribution is -2.47. The number of carboxylic acid groups (broad SMARTS) is 1. The van der Waals surface area contributed by atoms with E-state index in [2.05, 4.69) is 11.9 Å². The summed E-state index contributed by atoms with van der Waals surface area (Å²) < 4.78 is 0. The van der Waals surface area contributed by atoms with E-state index in [-0.39, 0.29) is 0 Å². The molecule has 1 fully saturated rings. The number of nitrogens with zero attached hydrogens (tertiary/aromatic N) is 2. The lowest BCUT2D eigenvalue weighted by atomic mass is 9.88. The van der Waals surface area contributed by atoms with E-state index in [4.69, 9.17) is 0 Å². The molecule has 4 heteroatoms. The molecule has 0 radical (unpaired) electrons. The summed E-state index contributed by atoms with van der Waals surface area (Å²) >= 11 is 0. The van der Waals surface area contributed by atoms with Crippen LogP contribution in [0.1, 0.15) is 26.2 Å². The van der Waals surface area contributed by atoms with Crippen LogP contribution in [-0.4, -0.2) is 28.6 Å². The van der Waals surface area contributed by atoms with Crippen molar-refractivity contribution in [2.24, 2.45) is 5.92 Å². The molecule has 0 amide bonds. The van der Waals surface area contributed by atoms with Gasteiger partial charge in [0.25, 0.3) is 0 Å². The van der Waals surface area contributed by atoms with Gasteiger partial charge in [-0.1, -0.05) is 13.3 Å². The highest BCUT2D eigenvalue weighted by molar-refractivity contribution is 5.78. The predicted octanol–water partition coefficient (Wildman–Crippen LogP) is 2.16. The van der Waals surface area contributed by atoms with E-state index in [1.807, 2.05) is 17.0 Å². The molecule has 2 heterocycles. The molecule has 92 valence electrons. The number of carboxylic acids is 1. The third kappa shape index (κ3) is 2.57. The molecule has 1 aromatic rings. The molecular weight excluding hydrogens is 216 g/mol. The zero-order valence-electron chi connectivity index (χ0n) is 10.0. The van der Waals surface area contributed by atoms with E-state index >= 15 is 0 Å². The van der Waals surface area contributed by atoms with Crippen molar-refractivity contribution in [1.29, 1.82) is 0 Å². The van der Waals surface area contributed by atoms with Crippen LogP contribution in [0.3, 0.4) is 0 Å². The first-order valence-corrected chi connectivity index (χ1v) is 6.11. The lowest BCUT2D eigenvalue weighted by molar-refractivity contribution is -0.139. The van der Waals surface area contributed by atoms with E-state index in [0.29, 0.717) is 5.92 Å². The number of hydrogen-bond acceptors (Lipinski definition) is 3. The Hall–Kier alpha value is -1.58. The standard InChI is InChI=1S/C13H18N2O2/c1-2-10-5-8-15(12(9-10)13(16)17)11-3-6-14-7-4-11/h3-4,6-7,10,12H,2,5,8-9H2,1H3,(H,16,17). The molecule has 2 rings (SSSR count). The molecule has 2 atom stereocenters. The lowest BCUT2D eigenvalue weighted by Gasteiger charge is -2.38. The summed E-state index contributed by atoms with van der Waals surface area (Å²) in [6.07, 6.45) is 6.30. The van der Waals surface area contributed by atoms with Crippen molar-refractivity contribution < 1.29 is 9.90 Å². The maximum atomic E-state index is 11.3. The smallest absolute Gasteiger partial charge is 0.326 e. The third-order valence-electron chi connectivity index (χ3n) is 3.57. The monoisotopic (exact) mass is 234 g/mol. The number of rotatable bonds is 3. The molecule has 0 bridgehead atoms. The zero-order valence-corrected chi connectivity index (χ0v) is 10.0. The zero-order chi connectivity index (χ0) is 12.3. The molecule has 4 nitrogen and oxygen atoms in total.